The van der Waals surface area contributed by atoms with Crippen LogP contribution in [0.1, 0.15) is 18.2 Å². The Morgan fingerprint density at radius 2 is 1.87 bits per heavy atom. The lowest BCUT2D eigenvalue weighted by molar-refractivity contribution is 0.201. The maximum Gasteiger partial charge on any atom is 0.322 e. The molecule has 158 valence electrons. The number of hydrogen-bond donors (Lipinski definition) is 1. The Morgan fingerprint density at radius 1 is 1.10 bits per heavy atom. The third kappa shape index (κ3) is 6.27. The number of furan rings is 1. The average Bonchev–Trinajstić information content (AvgIpc) is 3.22. The van der Waals surface area contributed by atoms with Gasteiger partial charge in [-0.05, 0) is 61.0 Å². The molecule has 0 saturated heterocycles. The van der Waals surface area contributed by atoms with Crippen LogP contribution >= 0.6 is 11.6 Å². The van der Waals surface area contributed by atoms with E-state index in [2.05, 4.69) is 5.32 Å². The van der Waals surface area contributed by atoms with Gasteiger partial charge in [0.05, 0.1) is 18.6 Å². The molecule has 0 aliphatic heterocycles. The van der Waals surface area contributed by atoms with Crippen LogP contribution in [-0.2, 0) is 23.2 Å². The number of benzene rings is 2. The molecule has 0 radical (unpaired) electrons. The second-order valence-corrected chi connectivity index (χ2v) is 8.75. The number of carbonyl (C=O) groups is 1. The van der Waals surface area contributed by atoms with Crippen molar-refractivity contribution < 1.29 is 21.8 Å². The van der Waals surface area contributed by atoms with Crippen LogP contribution in [-0.4, -0.2) is 25.1 Å². The Hall–Kier alpha value is -2.97. The Kier molecular flexibility index (Phi) is 7.02. The third-order valence-electron chi connectivity index (χ3n) is 4.16. The standard InChI is InChI=1S/C21H21ClN2O5S/c1-2-30(26,27)29-19-6-3-5-16(13-19)14-24(15-20-7-4-12-28-20)21(25)23-18-10-8-17(22)9-11-18/h3-13H,2,14-15H2,1H3,(H,23,25). The zero-order valence-corrected chi connectivity index (χ0v) is 17.8. The SMILES string of the molecule is CCS(=O)(=O)Oc1cccc(CN(Cc2ccco2)C(=O)Nc2ccc(Cl)cc2)c1. The highest BCUT2D eigenvalue weighted by Crippen LogP contribution is 2.20. The lowest BCUT2D eigenvalue weighted by Crippen LogP contribution is -2.34. The second-order valence-electron chi connectivity index (χ2n) is 6.45. The Labute approximate surface area is 180 Å². The first-order valence-electron chi connectivity index (χ1n) is 9.19. The maximum absolute atomic E-state index is 12.9. The van der Waals surface area contributed by atoms with Crippen LogP contribution in [0.4, 0.5) is 10.5 Å². The van der Waals surface area contributed by atoms with Gasteiger partial charge >= 0.3 is 16.1 Å². The summed E-state index contributed by atoms with van der Waals surface area (Å²) in [4.78, 5) is 14.4. The van der Waals surface area contributed by atoms with Gasteiger partial charge in [-0.3, -0.25) is 0 Å². The molecule has 30 heavy (non-hydrogen) atoms. The molecule has 0 saturated carbocycles. The molecule has 0 bridgehead atoms. The van der Waals surface area contributed by atoms with Crippen LogP contribution in [0.3, 0.4) is 0 Å². The van der Waals surface area contributed by atoms with Crippen LogP contribution < -0.4 is 9.50 Å². The predicted molar refractivity (Wildman–Crippen MR) is 115 cm³/mol. The minimum absolute atomic E-state index is 0.134. The highest BCUT2D eigenvalue weighted by molar-refractivity contribution is 7.87. The predicted octanol–water partition coefficient (Wildman–Crippen LogP) is 4.90. The monoisotopic (exact) mass is 448 g/mol. The van der Waals surface area contributed by atoms with Crippen molar-refractivity contribution in [3.05, 3.63) is 83.3 Å². The van der Waals surface area contributed by atoms with Crippen LogP contribution in [0, 0.1) is 0 Å². The molecule has 0 fully saturated rings. The largest absolute Gasteiger partial charge is 0.467 e. The summed E-state index contributed by atoms with van der Waals surface area (Å²) in [6.07, 6.45) is 1.54. The zero-order valence-electron chi connectivity index (χ0n) is 16.2. The molecule has 0 spiro atoms. The number of carbonyl (C=O) groups excluding carboxylic acids is 1. The lowest BCUT2D eigenvalue weighted by Gasteiger charge is -2.22. The quantitative estimate of drug-likeness (QED) is 0.495. The molecule has 7 nitrogen and oxygen atoms in total. The van der Waals surface area contributed by atoms with E-state index in [-0.39, 0.29) is 30.6 Å². The molecular formula is C21H21ClN2O5S. The van der Waals surface area contributed by atoms with E-state index in [1.165, 1.54) is 13.2 Å². The van der Waals surface area contributed by atoms with Gasteiger partial charge in [0.15, 0.2) is 0 Å². The number of nitrogens with one attached hydrogen (secondary N) is 1. The van der Waals surface area contributed by atoms with Gasteiger partial charge in [0.25, 0.3) is 0 Å². The summed E-state index contributed by atoms with van der Waals surface area (Å²) in [7, 11) is -3.64. The molecule has 2 amide bonds. The van der Waals surface area contributed by atoms with E-state index in [1.54, 1.807) is 65.6 Å². The fourth-order valence-corrected chi connectivity index (χ4v) is 3.29. The van der Waals surface area contributed by atoms with Gasteiger partial charge in [-0.25, -0.2) is 4.79 Å². The van der Waals surface area contributed by atoms with E-state index < -0.39 is 10.1 Å². The van der Waals surface area contributed by atoms with E-state index in [1.807, 2.05) is 0 Å². The summed E-state index contributed by atoms with van der Waals surface area (Å²) in [5, 5.41) is 3.39. The number of anilines is 1. The van der Waals surface area contributed by atoms with Gasteiger partial charge in [-0.15, -0.1) is 0 Å². The van der Waals surface area contributed by atoms with Crippen LogP contribution in [0.2, 0.25) is 5.02 Å². The number of urea groups is 1. The molecule has 0 unspecified atom stereocenters. The summed E-state index contributed by atoms with van der Waals surface area (Å²) in [5.74, 6) is 0.679. The summed E-state index contributed by atoms with van der Waals surface area (Å²) >= 11 is 5.89. The summed E-state index contributed by atoms with van der Waals surface area (Å²) in [6.45, 7) is 1.94. The molecule has 0 aliphatic carbocycles. The van der Waals surface area contributed by atoms with Crippen LogP contribution in [0.25, 0.3) is 0 Å². The van der Waals surface area contributed by atoms with Crippen molar-refractivity contribution in [2.24, 2.45) is 0 Å². The van der Waals surface area contributed by atoms with Crippen molar-refractivity contribution in [3.8, 4) is 5.75 Å². The molecule has 1 aromatic heterocycles. The van der Waals surface area contributed by atoms with E-state index in [0.29, 0.717) is 22.0 Å². The maximum atomic E-state index is 12.9. The van der Waals surface area contributed by atoms with Gasteiger partial charge in [0.1, 0.15) is 11.5 Å². The average molecular weight is 449 g/mol. The van der Waals surface area contributed by atoms with E-state index in [4.69, 9.17) is 20.2 Å². The minimum Gasteiger partial charge on any atom is -0.467 e. The normalized spacial score (nSPS) is 11.1. The van der Waals surface area contributed by atoms with Gasteiger partial charge in [0, 0.05) is 17.3 Å². The topological polar surface area (TPSA) is 88.9 Å². The number of hydrogen-bond acceptors (Lipinski definition) is 5. The zero-order chi connectivity index (χ0) is 21.6. The first-order valence-corrected chi connectivity index (χ1v) is 11.1. The van der Waals surface area contributed by atoms with Crippen molar-refractivity contribution in [3.63, 3.8) is 0 Å². The fourth-order valence-electron chi connectivity index (χ4n) is 2.65. The van der Waals surface area contributed by atoms with Gasteiger partial charge in [-0.1, -0.05) is 23.7 Å². The molecule has 2 aromatic carbocycles. The summed E-state index contributed by atoms with van der Waals surface area (Å²) in [6, 6.07) is 16.6. The summed E-state index contributed by atoms with van der Waals surface area (Å²) < 4.78 is 33.9. The molecular weight excluding hydrogens is 428 g/mol. The van der Waals surface area contributed by atoms with Gasteiger partial charge < -0.3 is 18.8 Å². The smallest absolute Gasteiger partial charge is 0.322 e. The molecule has 9 heteroatoms. The molecule has 3 aromatic rings. The van der Waals surface area contributed by atoms with Crippen LogP contribution in [0.5, 0.6) is 5.75 Å². The van der Waals surface area contributed by atoms with Crippen LogP contribution in [0.15, 0.2) is 71.3 Å². The van der Waals surface area contributed by atoms with Crippen molar-refractivity contribution >= 4 is 33.4 Å². The highest BCUT2D eigenvalue weighted by Gasteiger charge is 2.17. The molecule has 0 aliphatic rings. The van der Waals surface area contributed by atoms with Crippen molar-refractivity contribution in [1.29, 1.82) is 0 Å². The lowest BCUT2D eigenvalue weighted by atomic mass is 10.2. The molecule has 0 atom stereocenters. The van der Waals surface area contributed by atoms with Crippen molar-refractivity contribution in [1.82, 2.24) is 4.90 Å². The first-order chi connectivity index (χ1) is 14.3. The third-order valence-corrected chi connectivity index (χ3v) is 5.56. The first kappa shape index (κ1) is 21.7. The molecule has 1 N–H and O–H groups in total. The number of halogens is 1. The number of rotatable bonds is 8. The van der Waals surface area contributed by atoms with E-state index >= 15 is 0 Å². The van der Waals surface area contributed by atoms with Crippen molar-refractivity contribution in [2.75, 3.05) is 11.1 Å². The summed E-state index contributed by atoms with van der Waals surface area (Å²) in [5.41, 5.74) is 1.30. The fraction of sp³-hybridized carbons (Fsp3) is 0.190. The van der Waals surface area contributed by atoms with E-state index in [9.17, 15) is 13.2 Å². The van der Waals surface area contributed by atoms with Gasteiger partial charge in [-0.2, -0.15) is 8.42 Å². The minimum atomic E-state index is -3.64. The Morgan fingerprint density at radius 3 is 2.53 bits per heavy atom. The Bertz CT molecular complexity index is 1080. The van der Waals surface area contributed by atoms with E-state index in [0.717, 1.165) is 0 Å². The van der Waals surface area contributed by atoms with Gasteiger partial charge in [0.2, 0.25) is 0 Å². The number of nitrogens with zero attached hydrogens (tertiary/aromatic N) is 1. The van der Waals surface area contributed by atoms with Crippen molar-refractivity contribution in [2.45, 2.75) is 20.0 Å². The number of amides is 2. The molecule has 3 rings (SSSR count). The molecule has 1 heterocycles. The highest BCUT2D eigenvalue weighted by atomic mass is 35.5. The second kappa shape index (κ2) is 9.69. The Balaban J connectivity index is 1.78.